The van der Waals surface area contributed by atoms with Crippen molar-refractivity contribution < 1.29 is 0 Å². The first-order valence-corrected chi connectivity index (χ1v) is 7.39. The molecule has 0 spiro atoms. The first-order chi connectivity index (χ1) is 8.79. The van der Waals surface area contributed by atoms with Crippen molar-refractivity contribution >= 4 is 27.7 Å². The molecular formula is C13H14BrN3S. The van der Waals surface area contributed by atoms with Crippen LogP contribution in [0.5, 0.6) is 0 Å². The molecule has 0 bridgehead atoms. The van der Waals surface area contributed by atoms with Gasteiger partial charge in [0.2, 0.25) is 0 Å². The van der Waals surface area contributed by atoms with Gasteiger partial charge in [0, 0.05) is 33.7 Å². The highest BCUT2D eigenvalue weighted by atomic mass is 79.9. The molecule has 1 N–H and O–H groups in total. The summed E-state index contributed by atoms with van der Waals surface area (Å²) in [6.45, 7) is 0. The lowest BCUT2D eigenvalue weighted by Crippen LogP contribution is -2.20. The highest BCUT2D eigenvalue weighted by molar-refractivity contribution is 9.10. The van der Waals surface area contributed by atoms with Crippen LogP contribution < -0.4 is 5.32 Å². The Morgan fingerprint density at radius 2 is 2.06 bits per heavy atom. The van der Waals surface area contributed by atoms with E-state index in [1.165, 1.54) is 4.90 Å². The number of halogens is 1. The topological polar surface area (TPSA) is 37.8 Å². The summed E-state index contributed by atoms with van der Waals surface area (Å²) >= 11 is 5.24. The molecule has 1 unspecified atom stereocenters. The van der Waals surface area contributed by atoms with Crippen LogP contribution in [0.4, 0.5) is 0 Å². The molecule has 0 aliphatic rings. The number of hydrogen-bond acceptors (Lipinski definition) is 4. The monoisotopic (exact) mass is 323 g/mol. The first-order valence-electron chi connectivity index (χ1n) is 5.61. The van der Waals surface area contributed by atoms with Gasteiger partial charge in [-0.15, -0.1) is 11.8 Å². The van der Waals surface area contributed by atoms with Crippen LogP contribution in [0.2, 0.25) is 0 Å². The Balaban J connectivity index is 1.97. The van der Waals surface area contributed by atoms with Gasteiger partial charge in [0.15, 0.2) is 0 Å². The summed E-state index contributed by atoms with van der Waals surface area (Å²) in [4.78, 5) is 9.68. The molecule has 0 saturated heterocycles. The molecule has 0 radical (unpaired) electrons. The Kier molecular flexibility index (Phi) is 5.16. The minimum atomic E-state index is 0.215. The van der Waals surface area contributed by atoms with E-state index < -0.39 is 0 Å². The number of rotatable bonds is 5. The average Bonchev–Trinajstić information content (AvgIpc) is 2.43. The predicted molar refractivity (Wildman–Crippen MR) is 78.7 cm³/mol. The second kappa shape index (κ2) is 6.87. The van der Waals surface area contributed by atoms with Crippen LogP contribution in [-0.4, -0.2) is 22.8 Å². The van der Waals surface area contributed by atoms with E-state index in [4.69, 9.17) is 0 Å². The largest absolute Gasteiger partial charge is 0.311 e. The molecule has 0 amide bonds. The quantitative estimate of drug-likeness (QED) is 0.857. The molecule has 2 aromatic rings. The third-order valence-corrected chi connectivity index (χ3v) is 4.15. The normalized spacial score (nSPS) is 12.3. The fraction of sp³-hybridized carbons (Fsp3) is 0.231. The molecular weight excluding hydrogens is 310 g/mol. The molecule has 1 heterocycles. The molecule has 94 valence electrons. The van der Waals surface area contributed by atoms with Crippen molar-refractivity contribution in [2.45, 2.75) is 10.9 Å². The number of nitrogens with zero attached hydrogens (tertiary/aromatic N) is 2. The third-order valence-electron chi connectivity index (χ3n) is 2.52. The molecule has 3 nitrogen and oxygen atoms in total. The van der Waals surface area contributed by atoms with Gasteiger partial charge in [0.05, 0.1) is 11.7 Å². The van der Waals surface area contributed by atoms with E-state index in [9.17, 15) is 0 Å². The number of thioether (sulfide) groups is 1. The van der Waals surface area contributed by atoms with Gasteiger partial charge < -0.3 is 5.32 Å². The molecule has 0 saturated carbocycles. The van der Waals surface area contributed by atoms with Crippen LogP contribution in [0.15, 0.2) is 52.2 Å². The molecule has 18 heavy (non-hydrogen) atoms. The van der Waals surface area contributed by atoms with E-state index in [0.29, 0.717) is 0 Å². The van der Waals surface area contributed by atoms with Gasteiger partial charge in [0.1, 0.15) is 0 Å². The van der Waals surface area contributed by atoms with Crippen molar-refractivity contribution in [1.29, 1.82) is 0 Å². The lowest BCUT2D eigenvalue weighted by Gasteiger charge is -2.14. The zero-order valence-corrected chi connectivity index (χ0v) is 12.4. The summed E-state index contributed by atoms with van der Waals surface area (Å²) in [6, 6.07) is 8.54. The lowest BCUT2D eigenvalue weighted by molar-refractivity contribution is 0.638. The Hall–Kier alpha value is -0.910. The summed E-state index contributed by atoms with van der Waals surface area (Å²) in [7, 11) is 1.95. The Morgan fingerprint density at radius 1 is 1.28 bits per heavy atom. The molecule has 5 heteroatoms. The number of nitrogens with one attached hydrogen (secondary N) is 1. The molecule has 1 atom stereocenters. The Labute approximate surface area is 120 Å². The fourth-order valence-corrected chi connectivity index (χ4v) is 2.81. The number of hydrogen-bond donors (Lipinski definition) is 1. The maximum atomic E-state index is 4.33. The van der Waals surface area contributed by atoms with Crippen molar-refractivity contribution in [3.05, 3.63) is 53.0 Å². The van der Waals surface area contributed by atoms with E-state index in [1.54, 1.807) is 24.2 Å². The van der Waals surface area contributed by atoms with Crippen molar-refractivity contribution in [3.63, 3.8) is 0 Å². The second-order valence-corrected chi connectivity index (χ2v) is 5.75. The van der Waals surface area contributed by atoms with Gasteiger partial charge in [-0.05, 0) is 31.3 Å². The number of benzene rings is 1. The molecule has 0 aliphatic carbocycles. The zero-order valence-electron chi connectivity index (χ0n) is 10.0. The summed E-state index contributed by atoms with van der Waals surface area (Å²) < 4.78 is 1.10. The van der Waals surface area contributed by atoms with E-state index in [0.717, 1.165) is 15.9 Å². The lowest BCUT2D eigenvalue weighted by atomic mass is 10.2. The first kappa shape index (κ1) is 13.5. The van der Waals surface area contributed by atoms with Crippen LogP contribution in [0.25, 0.3) is 0 Å². The maximum absolute atomic E-state index is 4.33. The Morgan fingerprint density at radius 3 is 2.67 bits per heavy atom. The van der Waals surface area contributed by atoms with Gasteiger partial charge in [-0.25, -0.2) is 0 Å². The SMILES string of the molecule is CNC(CSc1ccc(Br)cc1)c1cnccn1. The van der Waals surface area contributed by atoms with Gasteiger partial charge in [-0.3, -0.25) is 9.97 Å². The zero-order chi connectivity index (χ0) is 12.8. The third kappa shape index (κ3) is 3.80. The van der Waals surface area contributed by atoms with Crippen LogP contribution in [0.3, 0.4) is 0 Å². The van der Waals surface area contributed by atoms with E-state index >= 15 is 0 Å². The van der Waals surface area contributed by atoms with Gasteiger partial charge in [-0.1, -0.05) is 15.9 Å². The van der Waals surface area contributed by atoms with Crippen molar-refractivity contribution in [1.82, 2.24) is 15.3 Å². The Bertz CT molecular complexity index is 475. The van der Waals surface area contributed by atoms with Crippen LogP contribution in [0, 0.1) is 0 Å². The van der Waals surface area contributed by atoms with Crippen molar-refractivity contribution in [3.8, 4) is 0 Å². The fourth-order valence-electron chi connectivity index (χ4n) is 1.52. The van der Waals surface area contributed by atoms with Crippen LogP contribution >= 0.6 is 27.7 Å². The highest BCUT2D eigenvalue weighted by Gasteiger charge is 2.10. The summed E-state index contributed by atoms with van der Waals surface area (Å²) in [5, 5.41) is 3.27. The average molecular weight is 324 g/mol. The van der Waals surface area contributed by atoms with Crippen LogP contribution in [0.1, 0.15) is 11.7 Å². The van der Waals surface area contributed by atoms with Crippen molar-refractivity contribution in [2.24, 2.45) is 0 Å². The second-order valence-electron chi connectivity index (χ2n) is 3.74. The smallest absolute Gasteiger partial charge is 0.0764 e. The van der Waals surface area contributed by atoms with Gasteiger partial charge in [-0.2, -0.15) is 0 Å². The van der Waals surface area contributed by atoms with Crippen LogP contribution in [-0.2, 0) is 0 Å². The van der Waals surface area contributed by atoms with E-state index in [2.05, 4.69) is 55.5 Å². The summed E-state index contributed by atoms with van der Waals surface area (Å²) in [5.41, 5.74) is 0.976. The summed E-state index contributed by atoms with van der Waals surface area (Å²) in [6.07, 6.45) is 5.23. The van der Waals surface area contributed by atoms with E-state index in [-0.39, 0.29) is 6.04 Å². The molecule has 1 aromatic heterocycles. The molecule has 0 aliphatic heterocycles. The minimum absolute atomic E-state index is 0.215. The number of aromatic nitrogens is 2. The van der Waals surface area contributed by atoms with Gasteiger partial charge in [0.25, 0.3) is 0 Å². The maximum Gasteiger partial charge on any atom is 0.0764 e. The standard InChI is InChI=1S/C13H14BrN3S/c1-15-13(12-8-16-6-7-17-12)9-18-11-4-2-10(14)3-5-11/h2-8,13,15H,9H2,1H3. The predicted octanol–water partition coefficient (Wildman–Crippen LogP) is 3.29. The molecule has 1 aromatic carbocycles. The molecule has 0 fully saturated rings. The van der Waals surface area contributed by atoms with Crippen molar-refractivity contribution in [2.75, 3.05) is 12.8 Å². The minimum Gasteiger partial charge on any atom is -0.311 e. The highest BCUT2D eigenvalue weighted by Crippen LogP contribution is 2.24. The summed E-state index contributed by atoms with van der Waals surface area (Å²) in [5.74, 6) is 0.927. The van der Waals surface area contributed by atoms with Gasteiger partial charge >= 0.3 is 0 Å². The van der Waals surface area contributed by atoms with E-state index in [1.807, 2.05) is 13.2 Å². The molecule has 2 rings (SSSR count).